The maximum atomic E-state index is 3.54. The average molecular weight is 257 g/mol. The van der Waals surface area contributed by atoms with Crippen molar-refractivity contribution in [3.63, 3.8) is 0 Å². The van der Waals surface area contributed by atoms with Gasteiger partial charge in [0.15, 0.2) is 0 Å². The molecule has 1 N–H and O–H groups in total. The number of nitrogens with one attached hydrogen (secondary N) is 1. The van der Waals surface area contributed by atoms with Crippen molar-refractivity contribution >= 4 is 11.3 Å². The molecule has 0 spiro atoms. The van der Waals surface area contributed by atoms with E-state index in [1.807, 2.05) is 11.3 Å². The van der Waals surface area contributed by atoms with E-state index in [4.69, 9.17) is 0 Å². The van der Waals surface area contributed by atoms with E-state index in [9.17, 15) is 0 Å². The highest BCUT2D eigenvalue weighted by atomic mass is 32.1. The molecule has 3 rings (SSSR count). The number of hydrogen-bond acceptors (Lipinski definition) is 2. The summed E-state index contributed by atoms with van der Waals surface area (Å²) in [4.78, 5) is 0. The molecule has 1 aromatic heterocycles. The first-order valence-electron chi connectivity index (χ1n) is 6.64. The summed E-state index contributed by atoms with van der Waals surface area (Å²) in [6.07, 6.45) is 1.25. The number of benzene rings is 1. The smallest absolute Gasteiger partial charge is 0.00329 e. The number of piperidine rings is 1. The van der Waals surface area contributed by atoms with Crippen molar-refractivity contribution < 1.29 is 0 Å². The van der Waals surface area contributed by atoms with Gasteiger partial charge in [0.05, 0.1) is 0 Å². The Morgan fingerprint density at radius 1 is 1.06 bits per heavy atom. The molecule has 1 nitrogen and oxygen atoms in total. The molecule has 2 heteroatoms. The molecule has 1 aromatic carbocycles. The first-order chi connectivity index (χ1) is 8.84. The van der Waals surface area contributed by atoms with Gasteiger partial charge in [0.2, 0.25) is 0 Å². The van der Waals surface area contributed by atoms with Gasteiger partial charge >= 0.3 is 0 Å². The number of thiophene rings is 1. The maximum Gasteiger partial charge on any atom is 0.00329 e. The van der Waals surface area contributed by atoms with Crippen LogP contribution in [-0.2, 0) is 0 Å². The van der Waals surface area contributed by atoms with Crippen LogP contribution in [0.1, 0.15) is 34.9 Å². The molecular weight excluding hydrogens is 238 g/mol. The fourth-order valence-electron chi connectivity index (χ4n) is 2.91. The number of aryl methyl sites for hydroxylation is 1. The van der Waals surface area contributed by atoms with Crippen LogP contribution in [0.2, 0.25) is 0 Å². The molecule has 0 bridgehead atoms. The molecule has 1 aliphatic heterocycles. The highest BCUT2D eigenvalue weighted by Gasteiger charge is 2.27. The van der Waals surface area contributed by atoms with Crippen molar-refractivity contribution in [2.24, 2.45) is 0 Å². The number of rotatable bonds is 2. The summed E-state index contributed by atoms with van der Waals surface area (Å²) >= 11 is 1.81. The Morgan fingerprint density at radius 3 is 2.61 bits per heavy atom. The fraction of sp³-hybridized carbons (Fsp3) is 0.375. The summed E-state index contributed by atoms with van der Waals surface area (Å²) in [5.74, 6) is 1.30. The van der Waals surface area contributed by atoms with E-state index < -0.39 is 0 Å². The van der Waals surface area contributed by atoms with Crippen molar-refractivity contribution in [1.82, 2.24) is 5.32 Å². The number of hydrogen-bond donors (Lipinski definition) is 1. The lowest BCUT2D eigenvalue weighted by Gasteiger charge is -2.32. The van der Waals surface area contributed by atoms with Crippen LogP contribution in [0.4, 0.5) is 0 Å². The summed E-state index contributed by atoms with van der Waals surface area (Å²) in [5.41, 5.74) is 4.34. The zero-order valence-corrected chi connectivity index (χ0v) is 11.5. The molecule has 0 saturated carbocycles. The monoisotopic (exact) mass is 257 g/mol. The second kappa shape index (κ2) is 5.25. The first kappa shape index (κ1) is 11.9. The Morgan fingerprint density at radius 2 is 1.89 bits per heavy atom. The van der Waals surface area contributed by atoms with Crippen LogP contribution < -0.4 is 5.32 Å². The molecule has 0 aliphatic carbocycles. The van der Waals surface area contributed by atoms with Crippen molar-refractivity contribution in [3.05, 3.63) is 57.8 Å². The Hall–Kier alpha value is -1.12. The largest absolute Gasteiger partial charge is 0.316 e. The van der Waals surface area contributed by atoms with Crippen LogP contribution in [0.15, 0.2) is 41.1 Å². The summed E-state index contributed by atoms with van der Waals surface area (Å²) in [6, 6.07) is 11.4. The highest BCUT2D eigenvalue weighted by Crippen LogP contribution is 2.38. The van der Waals surface area contributed by atoms with Crippen molar-refractivity contribution in [2.45, 2.75) is 25.2 Å². The van der Waals surface area contributed by atoms with E-state index in [-0.39, 0.29) is 0 Å². The standard InChI is InChI=1S/C16H19NS/c1-12-2-4-13(5-3-12)16-10-17-8-6-15(16)14-7-9-18-11-14/h2-5,7,9,11,15-17H,6,8,10H2,1H3. The molecule has 0 amide bonds. The topological polar surface area (TPSA) is 12.0 Å². The van der Waals surface area contributed by atoms with Crippen LogP contribution in [0.5, 0.6) is 0 Å². The van der Waals surface area contributed by atoms with E-state index in [2.05, 4.69) is 53.3 Å². The normalized spacial score (nSPS) is 24.1. The summed E-state index contributed by atoms with van der Waals surface area (Å²) in [6.45, 7) is 4.39. The summed E-state index contributed by atoms with van der Waals surface area (Å²) < 4.78 is 0. The van der Waals surface area contributed by atoms with E-state index in [0.717, 1.165) is 13.1 Å². The minimum atomic E-state index is 0.619. The van der Waals surface area contributed by atoms with E-state index in [1.54, 1.807) is 0 Å². The molecular formula is C16H19NS. The molecule has 2 unspecified atom stereocenters. The van der Waals surface area contributed by atoms with Crippen molar-refractivity contribution in [2.75, 3.05) is 13.1 Å². The molecule has 2 atom stereocenters. The molecule has 94 valence electrons. The molecule has 2 aromatic rings. The zero-order chi connectivity index (χ0) is 12.4. The molecule has 2 heterocycles. The van der Waals surface area contributed by atoms with Gasteiger partial charge in [0.25, 0.3) is 0 Å². The van der Waals surface area contributed by atoms with Crippen LogP contribution in [0.3, 0.4) is 0 Å². The third-order valence-electron chi connectivity index (χ3n) is 3.96. The molecule has 18 heavy (non-hydrogen) atoms. The first-order valence-corrected chi connectivity index (χ1v) is 7.58. The maximum absolute atomic E-state index is 3.54. The Kier molecular flexibility index (Phi) is 3.48. The summed E-state index contributed by atoms with van der Waals surface area (Å²) in [7, 11) is 0. The van der Waals surface area contributed by atoms with Gasteiger partial charge in [-0.3, -0.25) is 0 Å². The van der Waals surface area contributed by atoms with Gasteiger partial charge in [-0.15, -0.1) is 0 Å². The van der Waals surface area contributed by atoms with Crippen molar-refractivity contribution in [3.8, 4) is 0 Å². The third kappa shape index (κ3) is 2.36. The van der Waals surface area contributed by atoms with Gasteiger partial charge in [-0.2, -0.15) is 11.3 Å². The van der Waals surface area contributed by atoms with Crippen LogP contribution >= 0.6 is 11.3 Å². The lowest BCUT2D eigenvalue weighted by molar-refractivity contribution is 0.405. The van der Waals surface area contributed by atoms with Crippen molar-refractivity contribution in [1.29, 1.82) is 0 Å². The van der Waals surface area contributed by atoms with Gasteiger partial charge in [0.1, 0.15) is 0 Å². The van der Waals surface area contributed by atoms with Gasteiger partial charge in [-0.1, -0.05) is 29.8 Å². The Labute approximate surface area is 113 Å². The van der Waals surface area contributed by atoms with Gasteiger partial charge in [-0.05, 0) is 53.8 Å². The van der Waals surface area contributed by atoms with Gasteiger partial charge in [0, 0.05) is 12.5 Å². The molecule has 0 radical (unpaired) electrons. The van der Waals surface area contributed by atoms with E-state index >= 15 is 0 Å². The summed E-state index contributed by atoms with van der Waals surface area (Å²) in [5, 5.41) is 8.06. The minimum absolute atomic E-state index is 0.619. The zero-order valence-electron chi connectivity index (χ0n) is 10.7. The second-order valence-corrected chi connectivity index (χ2v) is 5.95. The SMILES string of the molecule is Cc1ccc(C2CNCCC2c2ccsc2)cc1. The quantitative estimate of drug-likeness (QED) is 0.860. The minimum Gasteiger partial charge on any atom is -0.316 e. The molecule has 1 fully saturated rings. The average Bonchev–Trinajstić information content (AvgIpc) is 2.93. The molecule has 1 saturated heterocycles. The Balaban J connectivity index is 1.90. The Bertz CT molecular complexity index is 486. The predicted molar refractivity (Wildman–Crippen MR) is 78.5 cm³/mol. The highest BCUT2D eigenvalue weighted by molar-refractivity contribution is 7.07. The van der Waals surface area contributed by atoms with E-state index in [0.29, 0.717) is 11.8 Å². The van der Waals surface area contributed by atoms with Crippen LogP contribution in [-0.4, -0.2) is 13.1 Å². The van der Waals surface area contributed by atoms with E-state index in [1.165, 1.54) is 23.1 Å². The van der Waals surface area contributed by atoms with Crippen LogP contribution in [0.25, 0.3) is 0 Å². The predicted octanol–water partition coefficient (Wildman–Crippen LogP) is 3.92. The van der Waals surface area contributed by atoms with Crippen LogP contribution in [0, 0.1) is 6.92 Å². The second-order valence-electron chi connectivity index (χ2n) is 5.17. The fourth-order valence-corrected chi connectivity index (χ4v) is 3.63. The third-order valence-corrected chi connectivity index (χ3v) is 4.66. The molecule has 1 aliphatic rings. The van der Waals surface area contributed by atoms with Gasteiger partial charge < -0.3 is 5.32 Å². The van der Waals surface area contributed by atoms with Gasteiger partial charge in [-0.25, -0.2) is 0 Å². The lowest BCUT2D eigenvalue weighted by atomic mass is 9.78. The lowest BCUT2D eigenvalue weighted by Crippen LogP contribution is -2.33.